The number of nitro groups is 1. The van der Waals surface area contributed by atoms with Crippen LogP contribution in [0.1, 0.15) is 16.1 Å². The Morgan fingerprint density at radius 1 is 1.20 bits per heavy atom. The fourth-order valence-electron chi connectivity index (χ4n) is 1.97. The molecular formula is C14H9NO5. The van der Waals surface area contributed by atoms with E-state index in [0.717, 1.165) is 0 Å². The van der Waals surface area contributed by atoms with E-state index in [9.17, 15) is 14.9 Å². The van der Waals surface area contributed by atoms with Crippen LogP contribution in [0.3, 0.4) is 0 Å². The molecule has 0 saturated carbocycles. The lowest BCUT2D eigenvalue weighted by atomic mass is 10.00. The lowest BCUT2D eigenvalue weighted by Gasteiger charge is -2.18. The van der Waals surface area contributed by atoms with E-state index in [-0.39, 0.29) is 24.0 Å². The van der Waals surface area contributed by atoms with E-state index in [2.05, 4.69) is 0 Å². The molecule has 100 valence electrons. The van der Waals surface area contributed by atoms with Gasteiger partial charge in [0.2, 0.25) is 0 Å². The third kappa shape index (κ3) is 2.07. The Kier molecular flexibility index (Phi) is 2.83. The first-order chi connectivity index (χ1) is 9.65. The topological polar surface area (TPSA) is 82.6 Å². The number of para-hydroxylation sites is 1. The number of ether oxygens (including phenoxy) is 1. The molecule has 6 heteroatoms. The maximum atomic E-state index is 12.2. The molecule has 1 aromatic heterocycles. The van der Waals surface area contributed by atoms with E-state index >= 15 is 0 Å². The number of rotatable bonds is 2. The summed E-state index contributed by atoms with van der Waals surface area (Å²) in [4.78, 5) is 22.1. The minimum absolute atomic E-state index is 0.115. The Morgan fingerprint density at radius 3 is 2.75 bits per heavy atom. The number of fused-ring (bicyclic) bond motifs is 1. The van der Waals surface area contributed by atoms with Crippen LogP contribution in [0.4, 0.5) is 5.88 Å². The molecule has 1 aliphatic heterocycles. The van der Waals surface area contributed by atoms with E-state index in [1.165, 1.54) is 18.2 Å². The molecule has 0 spiro atoms. The van der Waals surface area contributed by atoms with Crippen molar-refractivity contribution in [2.24, 2.45) is 0 Å². The highest BCUT2D eigenvalue weighted by molar-refractivity contribution is 6.13. The van der Waals surface area contributed by atoms with Crippen LogP contribution in [0.2, 0.25) is 0 Å². The smallest absolute Gasteiger partial charge is 0.433 e. The van der Waals surface area contributed by atoms with Crippen molar-refractivity contribution in [3.8, 4) is 5.75 Å². The highest BCUT2D eigenvalue weighted by atomic mass is 16.6. The molecule has 0 bridgehead atoms. The van der Waals surface area contributed by atoms with Gasteiger partial charge in [0.05, 0.1) is 11.6 Å². The van der Waals surface area contributed by atoms with Crippen LogP contribution in [-0.2, 0) is 0 Å². The van der Waals surface area contributed by atoms with Gasteiger partial charge in [0.1, 0.15) is 23.0 Å². The monoisotopic (exact) mass is 271 g/mol. The predicted molar refractivity (Wildman–Crippen MR) is 69.6 cm³/mol. The lowest BCUT2D eigenvalue weighted by molar-refractivity contribution is -0.402. The fraction of sp³-hybridized carbons (Fsp3) is 0.0714. The van der Waals surface area contributed by atoms with Crippen molar-refractivity contribution in [1.82, 2.24) is 0 Å². The van der Waals surface area contributed by atoms with Gasteiger partial charge in [0, 0.05) is 5.57 Å². The quantitative estimate of drug-likeness (QED) is 0.476. The summed E-state index contributed by atoms with van der Waals surface area (Å²) in [5.41, 5.74) is 0.874. The average Bonchev–Trinajstić information content (AvgIpc) is 2.91. The number of ketones is 1. The Bertz CT molecular complexity index is 729. The Labute approximate surface area is 113 Å². The summed E-state index contributed by atoms with van der Waals surface area (Å²) in [6.45, 7) is 0.115. The van der Waals surface area contributed by atoms with Crippen molar-refractivity contribution >= 4 is 17.7 Å². The molecule has 2 aromatic rings. The molecule has 1 aliphatic rings. The number of hydrogen-bond donors (Lipinski definition) is 0. The van der Waals surface area contributed by atoms with Gasteiger partial charge in [-0.1, -0.05) is 12.1 Å². The molecule has 0 fully saturated rings. The highest BCUT2D eigenvalue weighted by Gasteiger charge is 2.23. The second kappa shape index (κ2) is 4.65. The minimum Gasteiger partial charge on any atom is -0.488 e. The first kappa shape index (κ1) is 12.2. The molecule has 0 saturated heterocycles. The van der Waals surface area contributed by atoms with Gasteiger partial charge in [0.25, 0.3) is 0 Å². The summed E-state index contributed by atoms with van der Waals surface area (Å²) in [5.74, 6) is 0.274. The van der Waals surface area contributed by atoms with Crippen molar-refractivity contribution in [2.75, 3.05) is 6.61 Å². The van der Waals surface area contributed by atoms with Crippen molar-refractivity contribution in [2.45, 2.75) is 0 Å². The van der Waals surface area contributed by atoms with Crippen LogP contribution in [0.15, 0.2) is 46.4 Å². The van der Waals surface area contributed by atoms with Crippen LogP contribution < -0.4 is 4.74 Å². The van der Waals surface area contributed by atoms with E-state index in [0.29, 0.717) is 16.9 Å². The van der Waals surface area contributed by atoms with Crippen LogP contribution >= 0.6 is 0 Å². The number of nitrogens with zero attached hydrogens (tertiary/aromatic N) is 1. The molecule has 0 amide bonds. The zero-order valence-corrected chi connectivity index (χ0v) is 10.2. The molecule has 0 radical (unpaired) electrons. The minimum atomic E-state index is -0.628. The van der Waals surface area contributed by atoms with Crippen molar-refractivity contribution in [3.05, 3.63) is 63.4 Å². The molecular weight excluding hydrogens is 262 g/mol. The summed E-state index contributed by atoms with van der Waals surface area (Å²) >= 11 is 0. The van der Waals surface area contributed by atoms with Gasteiger partial charge in [-0.3, -0.25) is 14.9 Å². The zero-order chi connectivity index (χ0) is 14.1. The maximum absolute atomic E-state index is 12.2. The van der Waals surface area contributed by atoms with Crippen LogP contribution in [-0.4, -0.2) is 17.3 Å². The van der Waals surface area contributed by atoms with Gasteiger partial charge in [-0.05, 0) is 24.3 Å². The number of Topliss-reactive ketones (excluding diaryl/α,β-unsaturated/α-hetero) is 1. The number of carbonyl (C=O) groups is 1. The summed E-state index contributed by atoms with van der Waals surface area (Å²) < 4.78 is 10.5. The van der Waals surface area contributed by atoms with E-state index in [1.54, 1.807) is 24.3 Å². The SMILES string of the molecule is O=C1/C(=C/c2ccc([N+](=O)[O-])o2)COc2ccccc21. The van der Waals surface area contributed by atoms with Gasteiger partial charge >= 0.3 is 5.88 Å². The second-order valence-corrected chi connectivity index (χ2v) is 4.22. The summed E-state index contributed by atoms with van der Waals surface area (Å²) in [6.07, 6.45) is 1.46. The first-order valence-electron chi connectivity index (χ1n) is 5.86. The summed E-state index contributed by atoms with van der Waals surface area (Å²) in [7, 11) is 0. The molecule has 1 aromatic carbocycles. The Morgan fingerprint density at radius 2 is 2.00 bits per heavy atom. The lowest BCUT2D eigenvalue weighted by Crippen LogP contribution is -2.18. The largest absolute Gasteiger partial charge is 0.488 e. The van der Waals surface area contributed by atoms with Gasteiger partial charge < -0.3 is 9.15 Å². The molecule has 2 heterocycles. The van der Waals surface area contributed by atoms with Crippen molar-refractivity contribution in [3.63, 3.8) is 0 Å². The van der Waals surface area contributed by atoms with Crippen LogP contribution in [0.25, 0.3) is 6.08 Å². The molecule has 0 N–H and O–H groups in total. The number of benzene rings is 1. The van der Waals surface area contributed by atoms with E-state index in [1.807, 2.05) is 0 Å². The van der Waals surface area contributed by atoms with E-state index in [4.69, 9.17) is 9.15 Å². The van der Waals surface area contributed by atoms with Gasteiger partial charge in [0.15, 0.2) is 5.78 Å². The number of hydrogen-bond acceptors (Lipinski definition) is 5. The maximum Gasteiger partial charge on any atom is 0.433 e. The highest BCUT2D eigenvalue weighted by Crippen LogP contribution is 2.28. The normalized spacial score (nSPS) is 15.8. The molecule has 6 nitrogen and oxygen atoms in total. The fourth-order valence-corrected chi connectivity index (χ4v) is 1.97. The molecule has 20 heavy (non-hydrogen) atoms. The molecule has 0 aliphatic carbocycles. The zero-order valence-electron chi connectivity index (χ0n) is 10.2. The Balaban J connectivity index is 1.93. The summed E-state index contributed by atoms with van der Waals surface area (Å²) in [6, 6.07) is 9.63. The molecule has 0 unspecified atom stereocenters. The van der Waals surface area contributed by atoms with E-state index < -0.39 is 4.92 Å². The second-order valence-electron chi connectivity index (χ2n) is 4.22. The summed E-state index contributed by atoms with van der Waals surface area (Å²) in [5, 5.41) is 10.5. The third-order valence-electron chi connectivity index (χ3n) is 2.92. The third-order valence-corrected chi connectivity index (χ3v) is 2.92. The van der Waals surface area contributed by atoms with Gasteiger partial charge in [-0.15, -0.1) is 0 Å². The van der Waals surface area contributed by atoms with Gasteiger partial charge in [-0.2, -0.15) is 0 Å². The first-order valence-corrected chi connectivity index (χ1v) is 5.86. The molecule has 3 rings (SSSR count). The average molecular weight is 271 g/mol. The van der Waals surface area contributed by atoms with Crippen LogP contribution in [0, 0.1) is 10.1 Å². The Hall–Kier alpha value is -2.89. The standard InChI is InChI=1S/C14H9NO5/c16-14-9(7-10-5-6-13(20-10)15(17)18)8-19-12-4-2-1-3-11(12)14/h1-7H,8H2/b9-7+. The van der Waals surface area contributed by atoms with Gasteiger partial charge in [-0.25, -0.2) is 0 Å². The van der Waals surface area contributed by atoms with Crippen LogP contribution in [0.5, 0.6) is 5.75 Å². The predicted octanol–water partition coefficient (Wildman–Crippen LogP) is 2.85. The van der Waals surface area contributed by atoms with Crippen molar-refractivity contribution in [1.29, 1.82) is 0 Å². The molecule has 0 atom stereocenters. The number of furan rings is 1. The number of carbonyl (C=O) groups excluding carboxylic acids is 1. The van der Waals surface area contributed by atoms with Crippen molar-refractivity contribution < 1.29 is 18.9 Å².